The van der Waals surface area contributed by atoms with Crippen molar-refractivity contribution < 1.29 is 0 Å². The van der Waals surface area contributed by atoms with E-state index < -0.39 is 0 Å². The molecule has 3 heteroatoms. The summed E-state index contributed by atoms with van der Waals surface area (Å²) in [5.74, 6) is 0. The molecule has 0 aliphatic carbocycles. The van der Waals surface area contributed by atoms with Crippen molar-refractivity contribution in [2.75, 3.05) is 6.54 Å². The van der Waals surface area contributed by atoms with E-state index in [-0.39, 0.29) is 0 Å². The Hall–Kier alpha value is -1.38. The lowest BCUT2D eigenvalue weighted by molar-refractivity contribution is 0.140. The maximum Gasteiger partial charge on any atom is 0.131 e. The van der Waals surface area contributed by atoms with E-state index in [1.165, 1.54) is 30.4 Å². The number of halogens is 1. The van der Waals surface area contributed by atoms with E-state index in [9.17, 15) is 0 Å². The molecule has 0 N–H and O–H groups in total. The van der Waals surface area contributed by atoms with Crippen LogP contribution < -0.4 is 0 Å². The van der Waals surface area contributed by atoms with Crippen molar-refractivity contribution in [2.24, 2.45) is 0 Å². The van der Waals surface area contributed by atoms with E-state index >= 15 is 0 Å². The number of piperidine rings is 1. The molecule has 0 amide bonds. The van der Waals surface area contributed by atoms with Crippen LogP contribution in [0.4, 0.5) is 0 Å². The molecule has 2 heterocycles. The predicted octanol–water partition coefficient (Wildman–Crippen LogP) is 4.77. The summed E-state index contributed by atoms with van der Waals surface area (Å²) in [6.45, 7) is 4.19. The molecular formula is C18H21ClN2. The average Bonchev–Trinajstić information content (AvgIpc) is 2.52. The van der Waals surface area contributed by atoms with Crippen molar-refractivity contribution >= 4 is 11.6 Å². The standard InChI is InChI=1S/C18H21ClN2/c1-14-11-16(12-20-18(14)19)17-9-5-6-10-21(17)13-15-7-3-2-4-8-15/h2-4,7-8,11-12,17H,5-6,9-10,13H2,1H3/t17-/m1/s1. The largest absolute Gasteiger partial charge is 0.292 e. The van der Waals surface area contributed by atoms with E-state index in [0.29, 0.717) is 11.2 Å². The van der Waals surface area contributed by atoms with Crippen LogP contribution in [0.1, 0.15) is 42.0 Å². The summed E-state index contributed by atoms with van der Waals surface area (Å²) in [6.07, 6.45) is 5.72. The first-order valence-electron chi connectivity index (χ1n) is 7.64. The van der Waals surface area contributed by atoms with Crippen LogP contribution in [-0.4, -0.2) is 16.4 Å². The van der Waals surface area contributed by atoms with Crippen molar-refractivity contribution in [1.29, 1.82) is 0 Å². The molecule has 1 aliphatic heterocycles. The zero-order valence-corrected chi connectivity index (χ0v) is 13.2. The van der Waals surface area contributed by atoms with Gasteiger partial charge in [0.15, 0.2) is 0 Å². The number of rotatable bonds is 3. The molecule has 110 valence electrons. The highest BCUT2D eigenvalue weighted by atomic mass is 35.5. The van der Waals surface area contributed by atoms with Gasteiger partial charge in [0.05, 0.1) is 0 Å². The second-order valence-electron chi connectivity index (χ2n) is 5.84. The minimum absolute atomic E-state index is 0.461. The van der Waals surface area contributed by atoms with Crippen molar-refractivity contribution in [3.05, 3.63) is 64.4 Å². The molecule has 1 fully saturated rings. The van der Waals surface area contributed by atoms with Crippen LogP contribution >= 0.6 is 11.6 Å². The Morgan fingerprint density at radius 2 is 2.05 bits per heavy atom. The van der Waals surface area contributed by atoms with Crippen molar-refractivity contribution in [3.8, 4) is 0 Å². The Morgan fingerprint density at radius 3 is 2.81 bits per heavy atom. The lowest BCUT2D eigenvalue weighted by atomic mass is 9.95. The molecule has 1 aliphatic rings. The molecule has 1 aromatic carbocycles. The summed E-state index contributed by atoms with van der Waals surface area (Å²) in [5.41, 5.74) is 3.75. The lowest BCUT2D eigenvalue weighted by Gasteiger charge is -2.36. The van der Waals surface area contributed by atoms with E-state index in [2.05, 4.69) is 46.3 Å². The number of aryl methyl sites for hydroxylation is 1. The Labute approximate surface area is 131 Å². The first-order chi connectivity index (χ1) is 10.2. The number of pyridine rings is 1. The molecule has 0 unspecified atom stereocenters. The molecule has 0 spiro atoms. The van der Waals surface area contributed by atoms with Gasteiger partial charge in [-0.15, -0.1) is 0 Å². The van der Waals surface area contributed by atoms with E-state index in [0.717, 1.165) is 18.7 Å². The smallest absolute Gasteiger partial charge is 0.131 e. The van der Waals surface area contributed by atoms with Gasteiger partial charge in [-0.25, -0.2) is 4.98 Å². The number of hydrogen-bond donors (Lipinski definition) is 0. The van der Waals surface area contributed by atoms with Gasteiger partial charge in [-0.05, 0) is 49.1 Å². The fraction of sp³-hybridized carbons (Fsp3) is 0.389. The van der Waals surface area contributed by atoms with E-state index in [1.54, 1.807) is 0 Å². The summed E-state index contributed by atoms with van der Waals surface area (Å²) in [5, 5.41) is 0.615. The van der Waals surface area contributed by atoms with Gasteiger partial charge in [-0.3, -0.25) is 4.90 Å². The number of aromatic nitrogens is 1. The SMILES string of the molecule is Cc1cc([C@H]2CCCCN2Cc2ccccc2)cnc1Cl. The van der Waals surface area contributed by atoms with Crippen LogP contribution in [0.3, 0.4) is 0 Å². The zero-order valence-electron chi connectivity index (χ0n) is 12.4. The van der Waals surface area contributed by atoms with Gasteiger partial charge in [0.25, 0.3) is 0 Å². The quantitative estimate of drug-likeness (QED) is 0.759. The van der Waals surface area contributed by atoms with Gasteiger partial charge in [0, 0.05) is 18.8 Å². The third kappa shape index (κ3) is 3.45. The van der Waals surface area contributed by atoms with Gasteiger partial charge in [-0.2, -0.15) is 0 Å². The van der Waals surface area contributed by atoms with Crippen molar-refractivity contribution in [1.82, 2.24) is 9.88 Å². The monoisotopic (exact) mass is 300 g/mol. The molecular weight excluding hydrogens is 280 g/mol. The number of hydrogen-bond acceptors (Lipinski definition) is 2. The summed E-state index contributed by atoms with van der Waals surface area (Å²) < 4.78 is 0. The molecule has 3 rings (SSSR count). The fourth-order valence-corrected chi connectivity index (χ4v) is 3.24. The molecule has 1 aromatic heterocycles. The first-order valence-corrected chi connectivity index (χ1v) is 8.02. The highest BCUT2D eigenvalue weighted by Crippen LogP contribution is 2.32. The maximum atomic E-state index is 6.06. The highest BCUT2D eigenvalue weighted by molar-refractivity contribution is 6.30. The minimum Gasteiger partial charge on any atom is -0.292 e. The molecule has 0 bridgehead atoms. The lowest BCUT2D eigenvalue weighted by Crippen LogP contribution is -2.33. The Balaban J connectivity index is 1.82. The van der Waals surface area contributed by atoms with Crippen LogP contribution in [0.2, 0.25) is 5.15 Å². The number of nitrogens with zero attached hydrogens (tertiary/aromatic N) is 2. The molecule has 0 saturated carbocycles. The Morgan fingerprint density at radius 1 is 1.24 bits per heavy atom. The molecule has 2 nitrogen and oxygen atoms in total. The third-order valence-corrected chi connectivity index (χ3v) is 4.66. The summed E-state index contributed by atoms with van der Waals surface area (Å²) in [6, 6.07) is 13.4. The summed E-state index contributed by atoms with van der Waals surface area (Å²) in [4.78, 5) is 6.91. The topological polar surface area (TPSA) is 16.1 Å². The van der Waals surface area contributed by atoms with Crippen molar-refractivity contribution in [2.45, 2.75) is 38.8 Å². The van der Waals surface area contributed by atoms with Crippen LogP contribution in [0, 0.1) is 6.92 Å². The number of benzene rings is 1. The molecule has 0 radical (unpaired) electrons. The van der Waals surface area contributed by atoms with Crippen molar-refractivity contribution in [3.63, 3.8) is 0 Å². The molecule has 1 atom stereocenters. The number of likely N-dealkylation sites (tertiary alicyclic amines) is 1. The van der Waals surface area contributed by atoms with Gasteiger partial charge < -0.3 is 0 Å². The Bertz CT molecular complexity index is 597. The fourth-order valence-electron chi connectivity index (χ4n) is 3.14. The second-order valence-corrected chi connectivity index (χ2v) is 6.20. The van der Waals surface area contributed by atoms with Gasteiger partial charge in [-0.1, -0.05) is 48.4 Å². The third-order valence-electron chi connectivity index (χ3n) is 4.26. The Kier molecular flexibility index (Phi) is 4.57. The van der Waals surface area contributed by atoms with Crippen LogP contribution in [0.25, 0.3) is 0 Å². The summed E-state index contributed by atoms with van der Waals surface area (Å²) in [7, 11) is 0. The minimum atomic E-state index is 0.461. The van der Waals surface area contributed by atoms with Gasteiger partial charge >= 0.3 is 0 Å². The molecule has 1 saturated heterocycles. The average molecular weight is 301 g/mol. The zero-order chi connectivity index (χ0) is 14.7. The molecule has 21 heavy (non-hydrogen) atoms. The molecule has 2 aromatic rings. The van der Waals surface area contributed by atoms with Gasteiger partial charge in [0.2, 0.25) is 0 Å². The normalized spacial score (nSPS) is 19.6. The second kappa shape index (κ2) is 6.59. The van der Waals surface area contributed by atoms with E-state index in [4.69, 9.17) is 11.6 Å². The van der Waals surface area contributed by atoms with Crippen LogP contribution in [0.15, 0.2) is 42.6 Å². The van der Waals surface area contributed by atoms with Gasteiger partial charge in [0.1, 0.15) is 5.15 Å². The van der Waals surface area contributed by atoms with Crippen LogP contribution in [-0.2, 0) is 6.54 Å². The van der Waals surface area contributed by atoms with E-state index in [1.807, 2.05) is 13.1 Å². The predicted molar refractivity (Wildman–Crippen MR) is 87.4 cm³/mol. The maximum absolute atomic E-state index is 6.06. The van der Waals surface area contributed by atoms with Crippen LogP contribution in [0.5, 0.6) is 0 Å². The summed E-state index contributed by atoms with van der Waals surface area (Å²) >= 11 is 6.06. The first kappa shape index (κ1) is 14.6. The highest BCUT2D eigenvalue weighted by Gasteiger charge is 2.24.